The Balaban J connectivity index is 2.68. The van der Waals surface area contributed by atoms with Crippen molar-refractivity contribution in [3.05, 3.63) is 28.2 Å². The number of benzene rings is 1. The van der Waals surface area contributed by atoms with Crippen LogP contribution in [-0.4, -0.2) is 11.8 Å². The number of hydrogen-bond acceptors (Lipinski definition) is 3. The number of rotatable bonds is 3. The van der Waals surface area contributed by atoms with Crippen LogP contribution in [0.3, 0.4) is 0 Å². The molecule has 2 nitrogen and oxygen atoms in total. The van der Waals surface area contributed by atoms with Crippen molar-refractivity contribution in [2.24, 2.45) is 4.99 Å². The van der Waals surface area contributed by atoms with E-state index in [0.717, 1.165) is 5.69 Å². The van der Waals surface area contributed by atoms with Crippen LogP contribution in [0.5, 0.6) is 0 Å². The standard InChI is InChI=1S/C8H6Cl2N2S/c9-7-2-1-6(3-8(7)10)12-4-11-5-13/h1-3,12H,4H2. The van der Waals surface area contributed by atoms with Crippen LogP contribution in [0.25, 0.3) is 0 Å². The van der Waals surface area contributed by atoms with E-state index in [2.05, 4.69) is 27.7 Å². The number of anilines is 1. The molecule has 5 heteroatoms. The predicted molar refractivity (Wildman–Crippen MR) is 60.0 cm³/mol. The fourth-order valence-corrected chi connectivity index (χ4v) is 1.13. The van der Waals surface area contributed by atoms with Gasteiger partial charge in [0.2, 0.25) is 0 Å². The van der Waals surface area contributed by atoms with E-state index < -0.39 is 0 Å². The molecule has 0 heterocycles. The van der Waals surface area contributed by atoms with Gasteiger partial charge in [0.25, 0.3) is 0 Å². The fourth-order valence-electron chi connectivity index (χ4n) is 0.769. The van der Waals surface area contributed by atoms with E-state index in [9.17, 15) is 0 Å². The molecule has 1 aromatic rings. The van der Waals surface area contributed by atoms with Crippen molar-refractivity contribution in [1.29, 1.82) is 0 Å². The summed E-state index contributed by atoms with van der Waals surface area (Å²) in [5.74, 6) is 0. The molecule has 0 aliphatic rings. The molecular formula is C8H6Cl2N2S. The van der Waals surface area contributed by atoms with E-state index in [4.69, 9.17) is 23.2 Å². The summed E-state index contributed by atoms with van der Waals surface area (Å²) in [7, 11) is 0. The molecule has 0 aromatic heterocycles. The lowest BCUT2D eigenvalue weighted by atomic mass is 10.3. The molecule has 0 aliphatic heterocycles. The Morgan fingerprint density at radius 1 is 1.38 bits per heavy atom. The van der Waals surface area contributed by atoms with Crippen LogP contribution in [0.15, 0.2) is 23.2 Å². The van der Waals surface area contributed by atoms with Crippen molar-refractivity contribution in [3.8, 4) is 0 Å². The van der Waals surface area contributed by atoms with Gasteiger partial charge in [-0.25, -0.2) is 4.99 Å². The van der Waals surface area contributed by atoms with Crippen LogP contribution < -0.4 is 5.32 Å². The SMILES string of the molecule is S=C=NCNc1ccc(Cl)c(Cl)c1. The molecule has 68 valence electrons. The van der Waals surface area contributed by atoms with Crippen LogP contribution in [0.4, 0.5) is 5.69 Å². The lowest BCUT2D eigenvalue weighted by Crippen LogP contribution is -1.97. The van der Waals surface area contributed by atoms with Crippen molar-refractivity contribution in [3.63, 3.8) is 0 Å². The van der Waals surface area contributed by atoms with Crippen molar-refractivity contribution in [2.75, 3.05) is 12.0 Å². The van der Waals surface area contributed by atoms with E-state index in [1.165, 1.54) is 0 Å². The molecule has 1 rings (SSSR count). The lowest BCUT2D eigenvalue weighted by Gasteiger charge is -2.03. The third-order valence-corrected chi connectivity index (χ3v) is 2.21. The van der Waals surface area contributed by atoms with Crippen LogP contribution in [0, 0.1) is 0 Å². The van der Waals surface area contributed by atoms with E-state index >= 15 is 0 Å². The van der Waals surface area contributed by atoms with E-state index in [-0.39, 0.29) is 0 Å². The molecule has 0 fully saturated rings. The molecule has 13 heavy (non-hydrogen) atoms. The maximum absolute atomic E-state index is 5.79. The van der Waals surface area contributed by atoms with Gasteiger partial charge in [-0.2, -0.15) is 0 Å². The van der Waals surface area contributed by atoms with Gasteiger partial charge in [0, 0.05) is 5.69 Å². The minimum atomic E-state index is 0.390. The van der Waals surface area contributed by atoms with Crippen molar-refractivity contribution in [1.82, 2.24) is 0 Å². The second kappa shape index (κ2) is 5.20. The van der Waals surface area contributed by atoms with Crippen LogP contribution in [-0.2, 0) is 0 Å². The zero-order valence-electron chi connectivity index (χ0n) is 6.55. The zero-order chi connectivity index (χ0) is 9.68. The molecule has 0 atom stereocenters. The summed E-state index contributed by atoms with van der Waals surface area (Å²) in [6.45, 7) is 0.390. The fraction of sp³-hybridized carbons (Fsp3) is 0.125. The molecule has 0 saturated heterocycles. The van der Waals surface area contributed by atoms with E-state index in [1.54, 1.807) is 12.1 Å². The molecule has 1 aromatic carbocycles. The third kappa shape index (κ3) is 3.33. The summed E-state index contributed by atoms with van der Waals surface area (Å²) in [6, 6.07) is 5.25. The number of hydrogen-bond donors (Lipinski definition) is 1. The smallest absolute Gasteiger partial charge is 0.118 e. The average molecular weight is 233 g/mol. The zero-order valence-corrected chi connectivity index (χ0v) is 8.88. The first-order valence-corrected chi connectivity index (χ1v) is 4.63. The van der Waals surface area contributed by atoms with Gasteiger partial charge >= 0.3 is 0 Å². The first-order chi connectivity index (χ1) is 6.24. The highest BCUT2D eigenvalue weighted by Crippen LogP contribution is 2.24. The Bertz CT molecular complexity index is 348. The van der Waals surface area contributed by atoms with Crippen LogP contribution in [0.2, 0.25) is 10.0 Å². The first-order valence-electron chi connectivity index (χ1n) is 3.46. The normalized spacial score (nSPS) is 9.08. The summed E-state index contributed by atoms with van der Waals surface area (Å²) < 4.78 is 0. The number of nitrogens with one attached hydrogen (secondary N) is 1. The van der Waals surface area contributed by atoms with Gasteiger partial charge in [0.05, 0.1) is 15.2 Å². The van der Waals surface area contributed by atoms with Crippen LogP contribution in [0.1, 0.15) is 0 Å². The van der Waals surface area contributed by atoms with Gasteiger partial charge in [0.15, 0.2) is 0 Å². The highest BCUT2D eigenvalue weighted by Gasteiger charge is 1.97. The Morgan fingerprint density at radius 3 is 2.77 bits per heavy atom. The maximum Gasteiger partial charge on any atom is 0.118 e. The molecule has 0 unspecified atom stereocenters. The van der Waals surface area contributed by atoms with Gasteiger partial charge in [-0.1, -0.05) is 23.2 Å². The average Bonchev–Trinajstić information content (AvgIpc) is 2.12. The second-order valence-electron chi connectivity index (χ2n) is 2.21. The topological polar surface area (TPSA) is 24.4 Å². The molecule has 0 bridgehead atoms. The molecule has 0 spiro atoms. The second-order valence-corrected chi connectivity index (χ2v) is 3.21. The molecule has 1 N–H and O–H groups in total. The summed E-state index contributed by atoms with van der Waals surface area (Å²) in [6.07, 6.45) is 0. The monoisotopic (exact) mass is 232 g/mol. The number of isothiocyanates is 1. The minimum Gasteiger partial charge on any atom is -0.366 e. The number of aliphatic imine (C=N–C) groups is 1. The van der Waals surface area contributed by atoms with E-state index in [1.807, 2.05) is 6.07 Å². The van der Waals surface area contributed by atoms with Gasteiger partial charge in [-0.15, -0.1) is 0 Å². The summed E-state index contributed by atoms with van der Waals surface area (Å²) in [4.78, 5) is 3.70. The minimum absolute atomic E-state index is 0.390. The Hall–Kier alpha value is -0.600. The Morgan fingerprint density at radius 2 is 2.15 bits per heavy atom. The van der Waals surface area contributed by atoms with Gasteiger partial charge in [-0.05, 0) is 30.4 Å². The predicted octanol–water partition coefficient (Wildman–Crippen LogP) is 3.47. The van der Waals surface area contributed by atoms with Gasteiger partial charge < -0.3 is 5.32 Å². The molecular weight excluding hydrogens is 227 g/mol. The quantitative estimate of drug-likeness (QED) is 0.638. The molecule has 0 radical (unpaired) electrons. The van der Waals surface area contributed by atoms with Gasteiger partial charge in [0.1, 0.15) is 6.67 Å². The number of thiocarbonyl (C=S) groups is 1. The summed E-state index contributed by atoms with van der Waals surface area (Å²) in [5.41, 5.74) is 0.850. The van der Waals surface area contributed by atoms with Crippen LogP contribution >= 0.6 is 35.4 Å². The Kier molecular flexibility index (Phi) is 4.19. The van der Waals surface area contributed by atoms with Crippen molar-refractivity contribution >= 4 is 46.3 Å². The molecule has 0 aliphatic carbocycles. The molecule has 0 saturated carbocycles. The number of halogens is 2. The largest absolute Gasteiger partial charge is 0.366 e. The highest BCUT2D eigenvalue weighted by atomic mass is 35.5. The maximum atomic E-state index is 5.79. The number of nitrogens with zero attached hydrogens (tertiary/aromatic N) is 1. The van der Waals surface area contributed by atoms with E-state index in [0.29, 0.717) is 16.7 Å². The van der Waals surface area contributed by atoms with Gasteiger partial charge in [-0.3, -0.25) is 0 Å². The first kappa shape index (κ1) is 10.5. The Labute approximate surface area is 91.6 Å². The third-order valence-electron chi connectivity index (χ3n) is 1.35. The molecule has 0 amide bonds. The summed E-state index contributed by atoms with van der Waals surface area (Å²) in [5, 5.41) is 6.27. The highest BCUT2D eigenvalue weighted by molar-refractivity contribution is 7.78. The lowest BCUT2D eigenvalue weighted by molar-refractivity contribution is 1.15. The summed E-state index contributed by atoms with van der Waals surface area (Å²) >= 11 is 15.9. The van der Waals surface area contributed by atoms with Crippen molar-refractivity contribution < 1.29 is 0 Å². The van der Waals surface area contributed by atoms with Crippen molar-refractivity contribution in [2.45, 2.75) is 0 Å².